The van der Waals surface area contributed by atoms with Crippen molar-refractivity contribution in [2.75, 3.05) is 6.61 Å². The molecule has 0 heterocycles. The second-order valence-electron chi connectivity index (χ2n) is 1.58. The summed E-state index contributed by atoms with van der Waals surface area (Å²) in [6, 6.07) is 0. The lowest BCUT2D eigenvalue weighted by Crippen LogP contribution is -2.20. The average Bonchev–Trinajstić information content (AvgIpc) is 1.87. The Balaban J connectivity index is 4.33. The second kappa shape index (κ2) is 4.26. The summed E-state index contributed by atoms with van der Waals surface area (Å²) in [6.45, 7) is 1.89. The number of rotatable bonds is 4. The van der Waals surface area contributed by atoms with Gasteiger partial charge in [-0.2, -0.15) is 0 Å². The van der Waals surface area contributed by atoms with Gasteiger partial charge in [-0.05, 0) is 6.92 Å². The van der Waals surface area contributed by atoms with E-state index in [1.165, 1.54) is 0 Å². The number of carbonyl (C=O) groups is 1. The molecule has 0 aromatic rings. The van der Waals surface area contributed by atoms with Gasteiger partial charge in [0.1, 0.15) is 0 Å². The monoisotopic (exact) mass is 160 g/mol. The van der Waals surface area contributed by atoms with Crippen LogP contribution in [0.25, 0.3) is 0 Å². The van der Waals surface area contributed by atoms with Crippen LogP contribution in [0.15, 0.2) is 12.0 Å². The van der Waals surface area contributed by atoms with Gasteiger partial charge in [0.15, 0.2) is 6.26 Å². The quantitative estimate of drug-likeness (QED) is 0.262. The Morgan fingerprint density at radius 2 is 2.36 bits per heavy atom. The number of nitrogens with two attached hydrogens (primary N) is 1. The third-order valence-electron chi connectivity index (χ3n) is 0.811. The van der Waals surface area contributed by atoms with Crippen LogP contribution in [0.2, 0.25) is 0 Å². The van der Waals surface area contributed by atoms with Gasteiger partial charge in [-0.15, -0.1) is 0 Å². The molecule has 0 saturated heterocycles. The molecule has 0 aromatic carbocycles. The molecular weight excluding hydrogens is 152 g/mol. The first-order valence-electron chi connectivity index (χ1n) is 2.85. The zero-order chi connectivity index (χ0) is 8.85. The van der Waals surface area contributed by atoms with Crippen molar-refractivity contribution in [1.82, 2.24) is 0 Å². The Labute approximate surface area is 62.8 Å². The standard InChI is InChI=1S/C5H8N2O4/c1-2-11-3-4(5(6)8)7(9)10/h3H,2H2,1H3,(H2,6,8). The van der Waals surface area contributed by atoms with Gasteiger partial charge in [0.05, 0.1) is 11.5 Å². The SMILES string of the molecule is CCOC=C(C(N)=O)[N+](=O)[O-]. The lowest BCUT2D eigenvalue weighted by molar-refractivity contribution is -0.420. The third kappa shape index (κ3) is 3.19. The molecule has 0 fully saturated rings. The summed E-state index contributed by atoms with van der Waals surface area (Å²) in [5.74, 6) is -1.11. The van der Waals surface area contributed by atoms with Crippen LogP contribution in [-0.4, -0.2) is 17.4 Å². The highest BCUT2D eigenvalue weighted by Crippen LogP contribution is 1.93. The number of nitrogens with zero attached hydrogens (tertiary/aromatic N) is 1. The van der Waals surface area contributed by atoms with Gasteiger partial charge in [-0.25, -0.2) is 0 Å². The van der Waals surface area contributed by atoms with E-state index in [1.807, 2.05) is 0 Å². The number of hydrogen-bond acceptors (Lipinski definition) is 4. The predicted molar refractivity (Wildman–Crippen MR) is 35.9 cm³/mol. The number of nitro groups is 1. The number of hydrogen-bond donors (Lipinski definition) is 1. The van der Waals surface area contributed by atoms with Crippen LogP contribution in [0.4, 0.5) is 0 Å². The molecule has 0 unspecified atom stereocenters. The van der Waals surface area contributed by atoms with Crippen LogP contribution in [0.1, 0.15) is 6.92 Å². The Bertz CT molecular complexity index is 183. The summed E-state index contributed by atoms with van der Waals surface area (Å²) in [7, 11) is 0. The molecule has 0 spiro atoms. The molecule has 0 aromatic heterocycles. The first kappa shape index (κ1) is 9.41. The zero-order valence-corrected chi connectivity index (χ0v) is 5.94. The van der Waals surface area contributed by atoms with Crippen molar-refractivity contribution < 1.29 is 14.5 Å². The largest absolute Gasteiger partial charge is 0.494 e. The molecule has 0 atom stereocenters. The maximum Gasteiger partial charge on any atom is 0.367 e. The number of carbonyl (C=O) groups excluding carboxylic acids is 1. The molecule has 6 nitrogen and oxygen atoms in total. The van der Waals surface area contributed by atoms with Crippen LogP contribution in [0.3, 0.4) is 0 Å². The van der Waals surface area contributed by atoms with Crippen molar-refractivity contribution in [3.8, 4) is 0 Å². The molecule has 0 aliphatic carbocycles. The summed E-state index contributed by atoms with van der Waals surface area (Å²) in [5.41, 5.74) is 3.91. The molecule has 6 heteroatoms. The Kier molecular flexibility index (Phi) is 3.65. The summed E-state index contributed by atoms with van der Waals surface area (Å²) in [6.07, 6.45) is 0.738. The normalized spacial score (nSPS) is 10.8. The van der Waals surface area contributed by atoms with Crippen LogP contribution in [0, 0.1) is 10.1 Å². The van der Waals surface area contributed by atoms with Crippen molar-refractivity contribution in [1.29, 1.82) is 0 Å². The maximum atomic E-state index is 10.3. The molecule has 62 valence electrons. The van der Waals surface area contributed by atoms with Crippen molar-refractivity contribution in [2.45, 2.75) is 6.92 Å². The van der Waals surface area contributed by atoms with Crippen molar-refractivity contribution in [2.24, 2.45) is 5.73 Å². The lowest BCUT2D eigenvalue weighted by Gasteiger charge is -1.93. The van der Waals surface area contributed by atoms with Gasteiger partial charge in [0.25, 0.3) is 0 Å². The Hall–Kier alpha value is -1.59. The van der Waals surface area contributed by atoms with E-state index < -0.39 is 16.5 Å². The summed E-state index contributed by atoms with van der Waals surface area (Å²) >= 11 is 0. The van der Waals surface area contributed by atoms with E-state index in [0.717, 1.165) is 6.26 Å². The van der Waals surface area contributed by atoms with Crippen molar-refractivity contribution in [3.05, 3.63) is 22.1 Å². The highest BCUT2D eigenvalue weighted by atomic mass is 16.6. The van der Waals surface area contributed by atoms with Crippen molar-refractivity contribution >= 4 is 5.91 Å². The molecular formula is C5H8N2O4. The number of ether oxygens (including phenoxy) is 1. The van der Waals surface area contributed by atoms with E-state index in [1.54, 1.807) is 6.92 Å². The molecule has 0 aliphatic heterocycles. The van der Waals surface area contributed by atoms with E-state index in [-0.39, 0.29) is 6.61 Å². The minimum atomic E-state index is -1.11. The molecule has 0 aliphatic rings. The van der Waals surface area contributed by atoms with Gasteiger partial charge in [-0.1, -0.05) is 0 Å². The topological polar surface area (TPSA) is 95.5 Å². The summed E-state index contributed by atoms with van der Waals surface area (Å²) < 4.78 is 4.51. The Morgan fingerprint density at radius 3 is 2.64 bits per heavy atom. The molecule has 0 bridgehead atoms. The van der Waals surface area contributed by atoms with Crippen LogP contribution in [0.5, 0.6) is 0 Å². The fraction of sp³-hybridized carbons (Fsp3) is 0.400. The second-order valence-corrected chi connectivity index (χ2v) is 1.58. The van der Waals surface area contributed by atoms with Crippen LogP contribution < -0.4 is 5.73 Å². The zero-order valence-electron chi connectivity index (χ0n) is 5.94. The average molecular weight is 160 g/mol. The van der Waals surface area contributed by atoms with E-state index in [2.05, 4.69) is 10.5 Å². The fourth-order valence-corrected chi connectivity index (χ4v) is 0.353. The Morgan fingerprint density at radius 1 is 1.82 bits per heavy atom. The molecule has 11 heavy (non-hydrogen) atoms. The van der Waals surface area contributed by atoms with E-state index in [0.29, 0.717) is 0 Å². The molecule has 1 amide bonds. The first-order valence-corrected chi connectivity index (χ1v) is 2.85. The first-order chi connectivity index (χ1) is 5.09. The molecule has 0 radical (unpaired) electrons. The van der Waals surface area contributed by atoms with Crippen LogP contribution in [-0.2, 0) is 9.53 Å². The molecule has 0 saturated carbocycles. The summed E-state index contributed by atoms with van der Waals surface area (Å²) in [5, 5.41) is 10.0. The highest BCUT2D eigenvalue weighted by Gasteiger charge is 2.18. The van der Waals surface area contributed by atoms with Gasteiger partial charge in [0, 0.05) is 0 Å². The molecule has 0 rings (SSSR count). The minimum absolute atomic E-state index is 0.255. The summed E-state index contributed by atoms with van der Waals surface area (Å²) in [4.78, 5) is 19.4. The van der Waals surface area contributed by atoms with Crippen LogP contribution >= 0.6 is 0 Å². The number of primary amides is 1. The molecule has 2 N–H and O–H groups in total. The van der Waals surface area contributed by atoms with Gasteiger partial charge < -0.3 is 10.5 Å². The van der Waals surface area contributed by atoms with Gasteiger partial charge >= 0.3 is 11.6 Å². The third-order valence-corrected chi connectivity index (χ3v) is 0.811. The predicted octanol–water partition coefficient (Wildman–Crippen LogP) is -0.374. The fourth-order valence-electron chi connectivity index (χ4n) is 0.353. The van der Waals surface area contributed by atoms with E-state index >= 15 is 0 Å². The van der Waals surface area contributed by atoms with Crippen molar-refractivity contribution in [3.63, 3.8) is 0 Å². The van der Waals surface area contributed by atoms with E-state index in [4.69, 9.17) is 0 Å². The minimum Gasteiger partial charge on any atom is -0.494 e. The number of amides is 1. The smallest absolute Gasteiger partial charge is 0.367 e. The lowest BCUT2D eigenvalue weighted by atomic mass is 10.5. The van der Waals surface area contributed by atoms with Gasteiger partial charge in [-0.3, -0.25) is 14.9 Å². The van der Waals surface area contributed by atoms with E-state index in [9.17, 15) is 14.9 Å². The maximum absolute atomic E-state index is 10.3. The highest BCUT2D eigenvalue weighted by molar-refractivity contribution is 5.89. The van der Waals surface area contributed by atoms with Gasteiger partial charge in [0.2, 0.25) is 0 Å².